The highest BCUT2D eigenvalue weighted by Crippen LogP contribution is 2.32. The number of anilines is 1. The lowest BCUT2D eigenvalue weighted by atomic mass is 10.1. The zero-order chi connectivity index (χ0) is 26.8. The van der Waals surface area contributed by atoms with Crippen LogP contribution in [0.25, 0.3) is 44.5 Å². The van der Waals surface area contributed by atoms with E-state index in [0.29, 0.717) is 42.1 Å². The number of pyridine rings is 2. The van der Waals surface area contributed by atoms with Crippen LogP contribution in [-0.4, -0.2) is 55.0 Å². The van der Waals surface area contributed by atoms with Crippen molar-refractivity contribution in [3.05, 3.63) is 60.6 Å². The summed E-state index contributed by atoms with van der Waals surface area (Å²) < 4.78 is 0. The van der Waals surface area contributed by atoms with Gasteiger partial charge in [0, 0.05) is 64.9 Å². The van der Waals surface area contributed by atoms with E-state index >= 15 is 0 Å². The van der Waals surface area contributed by atoms with Crippen molar-refractivity contribution in [1.29, 1.82) is 0 Å². The molecular weight excluding hydrogens is 478 g/mol. The number of fused-ring (bicyclic) bond motifs is 2. The van der Waals surface area contributed by atoms with Gasteiger partial charge in [0.1, 0.15) is 5.69 Å². The fraction of sp³-hybridized carbons (Fsp3) is 0.276. The van der Waals surface area contributed by atoms with Gasteiger partial charge in [-0.3, -0.25) is 19.7 Å². The van der Waals surface area contributed by atoms with Crippen LogP contribution in [0.5, 0.6) is 0 Å². The van der Waals surface area contributed by atoms with Gasteiger partial charge in [-0.05, 0) is 50.1 Å². The van der Waals surface area contributed by atoms with Gasteiger partial charge in [0.2, 0.25) is 5.91 Å². The lowest BCUT2D eigenvalue weighted by Crippen LogP contribution is -2.30. The average molecular weight is 510 g/mol. The molecule has 3 N–H and O–H groups in total. The SMILES string of the molecule is CCN(CC)C(=O)c1cccc2[nH]c(-c3n[nH]c4ncc(-c5cncc(NC(=O)CC(C)C)c5)cc34)cc12. The summed E-state index contributed by atoms with van der Waals surface area (Å²) in [5, 5.41) is 12.2. The van der Waals surface area contributed by atoms with Crippen LogP contribution < -0.4 is 5.32 Å². The summed E-state index contributed by atoms with van der Waals surface area (Å²) >= 11 is 0. The summed E-state index contributed by atoms with van der Waals surface area (Å²) in [6, 6.07) is 11.6. The highest BCUT2D eigenvalue weighted by atomic mass is 16.2. The van der Waals surface area contributed by atoms with E-state index < -0.39 is 0 Å². The molecule has 0 aliphatic heterocycles. The summed E-state index contributed by atoms with van der Waals surface area (Å²) in [5.41, 5.74) is 6.00. The molecule has 0 saturated carbocycles. The molecule has 0 radical (unpaired) electrons. The van der Waals surface area contributed by atoms with Crippen molar-refractivity contribution in [2.45, 2.75) is 34.1 Å². The van der Waals surface area contributed by atoms with Gasteiger partial charge in [-0.2, -0.15) is 5.10 Å². The highest BCUT2D eigenvalue weighted by molar-refractivity contribution is 6.08. The first-order valence-corrected chi connectivity index (χ1v) is 12.9. The molecule has 38 heavy (non-hydrogen) atoms. The molecule has 0 spiro atoms. The van der Waals surface area contributed by atoms with E-state index in [1.165, 1.54) is 0 Å². The number of nitrogens with zero attached hydrogens (tertiary/aromatic N) is 4. The molecule has 0 aliphatic rings. The molecule has 0 aliphatic carbocycles. The summed E-state index contributed by atoms with van der Waals surface area (Å²) in [4.78, 5) is 39.5. The Kier molecular flexibility index (Phi) is 6.91. The van der Waals surface area contributed by atoms with Crippen LogP contribution in [-0.2, 0) is 4.79 Å². The van der Waals surface area contributed by atoms with Gasteiger partial charge >= 0.3 is 0 Å². The Morgan fingerprint density at radius 3 is 2.55 bits per heavy atom. The minimum absolute atomic E-state index is 0.00913. The molecule has 0 saturated heterocycles. The van der Waals surface area contributed by atoms with Gasteiger partial charge in [-0.25, -0.2) is 4.98 Å². The molecule has 9 nitrogen and oxygen atoms in total. The van der Waals surface area contributed by atoms with Crippen molar-refractivity contribution in [2.75, 3.05) is 18.4 Å². The van der Waals surface area contributed by atoms with Crippen molar-refractivity contribution in [1.82, 2.24) is 30.0 Å². The topological polar surface area (TPSA) is 120 Å². The van der Waals surface area contributed by atoms with E-state index in [1.54, 1.807) is 18.6 Å². The van der Waals surface area contributed by atoms with Crippen LogP contribution in [0.1, 0.15) is 44.5 Å². The average Bonchev–Trinajstić information content (AvgIpc) is 3.52. The molecular formula is C29H31N7O2. The van der Waals surface area contributed by atoms with E-state index in [1.807, 2.05) is 69.0 Å². The maximum atomic E-state index is 13.1. The van der Waals surface area contributed by atoms with Gasteiger partial charge in [-0.1, -0.05) is 19.9 Å². The second-order valence-corrected chi connectivity index (χ2v) is 9.73. The highest BCUT2D eigenvalue weighted by Gasteiger charge is 2.19. The first-order chi connectivity index (χ1) is 18.4. The van der Waals surface area contributed by atoms with Gasteiger partial charge in [0.15, 0.2) is 5.65 Å². The molecule has 0 fully saturated rings. The van der Waals surface area contributed by atoms with E-state index in [0.717, 1.165) is 33.1 Å². The number of aromatic amines is 2. The third-order valence-electron chi connectivity index (χ3n) is 6.57. The summed E-state index contributed by atoms with van der Waals surface area (Å²) in [5.74, 6) is 0.241. The number of amides is 2. The minimum atomic E-state index is -0.0395. The summed E-state index contributed by atoms with van der Waals surface area (Å²) in [6.07, 6.45) is 5.59. The smallest absolute Gasteiger partial charge is 0.254 e. The van der Waals surface area contributed by atoms with E-state index in [4.69, 9.17) is 0 Å². The summed E-state index contributed by atoms with van der Waals surface area (Å²) in [6.45, 7) is 9.28. The zero-order valence-electron chi connectivity index (χ0n) is 22.0. The van der Waals surface area contributed by atoms with Gasteiger partial charge < -0.3 is 15.2 Å². The predicted molar refractivity (Wildman–Crippen MR) is 150 cm³/mol. The lowest BCUT2D eigenvalue weighted by Gasteiger charge is -2.18. The van der Waals surface area contributed by atoms with Crippen molar-refractivity contribution >= 4 is 39.4 Å². The number of hydrogen-bond donors (Lipinski definition) is 3. The van der Waals surface area contributed by atoms with Crippen LogP contribution in [0, 0.1) is 5.92 Å². The number of H-pyrrole nitrogens is 2. The number of carbonyl (C=O) groups excluding carboxylic acids is 2. The second-order valence-electron chi connectivity index (χ2n) is 9.73. The molecule has 5 rings (SSSR count). The van der Waals surface area contributed by atoms with Crippen LogP contribution in [0.2, 0.25) is 0 Å². The number of carbonyl (C=O) groups is 2. The van der Waals surface area contributed by atoms with Crippen LogP contribution in [0.4, 0.5) is 5.69 Å². The number of nitrogens with one attached hydrogen (secondary N) is 3. The third kappa shape index (κ3) is 4.87. The Morgan fingerprint density at radius 1 is 1.00 bits per heavy atom. The zero-order valence-corrected chi connectivity index (χ0v) is 22.0. The molecule has 0 bridgehead atoms. The van der Waals surface area contributed by atoms with Crippen LogP contribution in [0.15, 0.2) is 55.0 Å². The fourth-order valence-electron chi connectivity index (χ4n) is 4.67. The number of aromatic nitrogens is 5. The fourth-order valence-corrected chi connectivity index (χ4v) is 4.67. The standard InChI is InChI=1S/C29H31N7O2/c1-5-36(6-2)29(38)21-8-7-9-24-22(21)13-25(33-24)27-23-12-19(15-31-28(23)35-34-27)18-11-20(16-30-14-18)32-26(37)10-17(3)4/h7-9,11-17,33H,5-6,10H2,1-4H3,(H,32,37)(H,31,34,35). The van der Waals surface area contributed by atoms with E-state index in [2.05, 4.69) is 30.5 Å². The number of hydrogen-bond acceptors (Lipinski definition) is 5. The van der Waals surface area contributed by atoms with E-state index in [9.17, 15) is 9.59 Å². The lowest BCUT2D eigenvalue weighted by molar-refractivity contribution is -0.116. The second kappa shape index (κ2) is 10.5. The molecule has 1 aromatic carbocycles. The summed E-state index contributed by atoms with van der Waals surface area (Å²) in [7, 11) is 0. The monoisotopic (exact) mass is 509 g/mol. The molecule has 5 aromatic rings. The van der Waals surface area contributed by atoms with Crippen LogP contribution in [0.3, 0.4) is 0 Å². The molecule has 0 unspecified atom stereocenters. The Hall–Kier alpha value is -4.53. The maximum absolute atomic E-state index is 13.1. The van der Waals surface area contributed by atoms with Crippen LogP contribution >= 0.6 is 0 Å². The Balaban J connectivity index is 1.51. The van der Waals surface area contributed by atoms with Crippen molar-refractivity contribution in [3.63, 3.8) is 0 Å². The van der Waals surface area contributed by atoms with Crippen molar-refractivity contribution in [2.24, 2.45) is 5.92 Å². The molecule has 194 valence electrons. The maximum Gasteiger partial charge on any atom is 0.254 e. The number of rotatable bonds is 8. The van der Waals surface area contributed by atoms with E-state index in [-0.39, 0.29) is 17.7 Å². The van der Waals surface area contributed by atoms with Crippen molar-refractivity contribution < 1.29 is 9.59 Å². The normalized spacial score (nSPS) is 11.4. The Bertz CT molecular complexity index is 1630. The first kappa shape index (κ1) is 25.1. The van der Waals surface area contributed by atoms with Crippen molar-refractivity contribution in [3.8, 4) is 22.5 Å². The minimum Gasteiger partial charge on any atom is -0.353 e. The largest absolute Gasteiger partial charge is 0.353 e. The van der Waals surface area contributed by atoms with Gasteiger partial charge in [-0.15, -0.1) is 0 Å². The Labute approximate surface area is 220 Å². The van der Waals surface area contributed by atoms with Gasteiger partial charge in [0.25, 0.3) is 5.91 Å². The molecule has 4 aromatic heterocycles. The quantitative estimate of drug-likeness (QED) is 0.250. The van der Waals surface area contributed by atoms with Gasteiger partial charge in [0.05, 0.1) is 17.6 Å². The Morgan fingerprint density at radius 2 is 1.79 bits per heavy atom. The third-order valence-corrected chi connectivity index (χ3v) is 6.57. The number of benzene rings is 1. The predicted octanol–water partition coefficient (Wildman–Crippen LogP) is 5.63. The molecule has 0 atom stereocenters. The molecule has 2 amide bonds. The first-order valence-electron chi connectivity index (χ1n) is 12.9. The molecule has 9 heteroatoms. The molecule has 4 heterocycles.